The van der Waals surface area contributed by atoms with Gasteiger partial charge in [0.15, 0.2) is 6.10 Å². The lowest BCUT2D eigenvalue weighted by atomic mass is 10.2. The van der Waals surface area contributed by atoms with Crippen molar-refractivity contribution in [1.82, 2.24) is 4.90 Å². The van der Waals surface area contributed by atoms with E-state index in [0.29, 0.717) is 26.0 Å². The molecule has 6 nitrogen and oxygen atoms in total. The molecule has 1 fully saturated rings. The van der Waals surface area contributed by atoms with Crippen LogP contribution in [0.4, 0.5) is 0 Å². The van der Waals surface area contributed by atoms with E-state index in [2.05, 4.69) is 0 Å². The molecule has 1 N–H and O–H groups in total. The molecule has 1 aliphatic rings. The fourth-order valence-electron chi connectivity index (χ4n) is 2.37. The Labute approximate surface area is 129 Å². The second kappa shape index (κ2) is 7.26. The average molecular weight is 307 g/mol. The van der Waals surface area contributed by atoms with Crippen molar-refractivity contribution in [3.8, 4) is 5.75 Å². The van der Waals surface area contributed by atoms with E-state index in [4.69, 9.17) is 14.6 Å². The molecule has 1 heterocycles. The molecule has 6 heteroatoms. The van der Waals surface area contributed by atoms with Crippen molar-refractivity contribution < 1.29 is 24.2 Å². The Hall–Kier alpha value is -2.08. The van der Waals surface area contributed by atoms with Crippen LogP contribution in [-0.4, -0.2) is 54.3 Å². The highest BCUT2D eigenvalue weighted by atomic mass is 16.5. The Bertz CT molecular complexity index is 545. The monoisotopic (exact) mass is 307 g/mol. The number of carbonyl (C=O) groups is 2. The summed E-state index contributed by atoms with van der Waals surface area (Å²) in [4.78, 5) is 24.5. The SMILES string of the molecule is Cc1ccccc1OCCN(C)C(=O)[C@@H]1CC[C@H](C(=O)O)O1. The zero-order chi connectivity index (χ0) is 16.1. The van der Waals surface area contributed by atoms with E-state index >= 15 is 0 Å². The van der Waals surface area contributed by atoms with Crippen LogP contribution in [0.15, 0.2) is 24.3 Å². The second-order valence-corrected chi connectivity index (χ2v) is 5.40. The van der Waals surface area contributed by atoms with Crippen LogP contribution in [0.25, 0.3) is 0 Å². The number of rotatable bonds is 6. The first-order valence-electron chi connectivity index (χ1n) is 7.30. The van der Waals surface area contributed by atoms with Crippen molar-refractivity contribution in [2.24, 2.45) is 0 Å². The summed E-state index contributed by atoms with van der Waals surface area (Å²) in [6, 6.07) is 7.68. The summed E-state index contributed by atoms with van der Waals surface area (Å²) in [5.41, 5.74) is 1.04. The maximum atomic E-state index is 12.2. The summed E-state index contributed by atoms with van der Waals surface area (Å²) in [6.07, 6.45) is -0.715. The minimum atomic E-state index is -1.01. The number of para-hydroxylation sites is 1. The van der Waals surface area contributed by atoms with Gasteiger partial charge in [0.1, 0.15) is 18.5 Å². The van der Waals surface area contributed by atoms with E-state index in [1.807, 2.05) is 31.2 Å². The number of amides is 1. The third kappa shape index (κ3) is 3.98. The van der Waals surface area contributed by atoms with E-state index in [1.165, 1.54) is 4.90 Å². The third-order valence-electron chi connectivity index (χ3n) is 3.72. The van der Waals surface area contributed by atoms with Crippen molar-refractivity contribution in [1.29, 1.82) is 0 Å². The number of nitrogens with zero attached hydrogens (tertiary/aromatic N) is 1. The number of aryl methyl sites for hydroxylation is 1. The maximum Gasteiger partial charge on any atom is 0.332 e. The second-order valence-electron chi connectivity index (χ2n) is 5.40. The van der Waals surface area contributed by atoms with Gasteiger partial charge in [-0.3, -0.25) is 4.79 Å². The number of carbonyl (C=O) groups excluding carboxylic acids is 1. The highest BCUT2D eigenvalue weighted by molar-refractivity contribution is 5.82. The highest BCUT2D eigenvalue weighted by Gasteiger charge is 2.35. The van der Waals surface area contributed by atoms with E-state index in [9.17, 15) is 9.59 Å². The molecule has 1 aliphatic heterocycles. The van der Waals surface area contributed by atoms with Crippen molar-refractivity contribution in [2.75, 3.05) is 20.2 Å². The summed E-state index contributed by atoms with van der Waals surface area (Å²) in [5.74, 6) is -0.413. The zero-order valence-electron chi connectivity index (χ0n) is 12.8. The van der Waals surface area contributed by atoms with Crippen LogP contribution >= 0.6 is 0 Å². The highest BCUT2D eigenvalue weighted by Crippen LogP contribution is 2.21. The number of likely N-dealkylation sites (N-methyl/N-ethyl adjacent to an activating group) is 1. The minimum absolute atomic E-state index is 0.197. The van der Waals surface area contributed by atoms with Crippen molar-refractivity contribution >= 4 is 11.9 Å². The van der Waals surface area contributed by atoms with Crippen LogP contribution in [0, 0.1) is 6.92 Å². The van der Waals surface area contributed by atoms with E-state index in [1.54, 1.807) is 7.05 Å². The van der Waals surface area contributed by atoms with Crippen molar-refractivity contribution in [3.63, 3.8) is 0 Å². The van der Waals surface area contributed by atoms with Crippen LogP contribution in [0.1, 0.15) is 18.4 Å². The Morgan fingerprint density at radius 2 is 2.00 bits per heavy atom. The summed E-state index contributed by atoms with van der Waals surface area (Å²) in [7, 11) is 1.67. The minimum Gasteiger partial charge on any atom is -0.491 e. The lowest BCUT2D eigenvalue weighted by Gasteiger charge is -2.21. The largest absolute Gasteiger partial charge is 0.491 e. The fraction of sp³-hybridized carbons (Fsp3) is 0.500. The van der Waals surface area contributed by atoms with Gasteiger partial charge in [-0.25, -0.2) is 4.79 Å². The summed E-state index contributed by atoms with van der Waals surface area (Å²) in [6.45, 7) is 2.76. The number of carboxylic acids is 1. The molecule has 1 aromatic carbocycles. The predicted molar refractivity (Wildman–Crippen MR) is 79.8 cm³/mol. The standard InChI is InChI=1S/C16H21NO5/c1-11-5-3-4-6-12(11)21-10-9-17(2)15(18)13-7-8-14(22-13)16(19)20/h3-6,13-14H,7-10H2,1-2H3,(H,19,20)/t13-,14+/m0/s1. The topological polar surface area (TPSA) is 76.1 Å². The molecular weight excluding hydrogens is 286 g/mol. The van der Waals surface area contributed by atoms with Crippen molar-refractivity contribution in [2.45, 2.75) is 32.0 Å². The van der Waals surface area contributed by atoms with Crippen LogP contribution in [0.5, 0.6) is 5.75 Å². The van der Waals surface area contributed by atoms with Gasteiger partial charge in [-0.1, -0.05) is 18.2 Å². The molecule has 0 aliphatic carbocycles. The number of ether oxygens (including phenoxy) is 2. The van der Waals surface area contributed by atoms with Crippen LogP contribution in [0.2, 0.25) is 0 Å². The van der Waals surface area contributed by atoms with Gasteiger partial charge in [0.25, 0.3) is 5.91 Å². The van der Waals surface area contributed by atoms with Gasteiger partial charge in [-0.05, 0) is 31.4 Å². The van der Waals surface area contributed by atoms with Gasteiger partial charge < -0.3 is 19.5 Å². The van der Waals surface area contributed by atoms with E-state index in [-0.39, 0.29) is 5.91 Å². The van der Waals surface area contributed by atoms with Crippen LogP contribution in [0.3, 0.4) is 0 Å². The van der Waals surface area contributed by atoms with Gasteiger partial charge in [0.2, 0.25) is 0 Å². The number of benzene rings is 1. The molecule has 1 amide bonds. The van der Waals surface area contributed by atoms with Gasteiger partial charge >= 0.3 is 5.97 Å². The number of carboxylic acid groups (broad SMARTS) is 1. The molecule has 0 aromatic heterocycles. The summed E-state index contributed by atoms with van der Waals surface area (Å²) in [5, 5.41) is 8.87. The summed E-state index contributed by atoms with van der Waals surface area (Å²) >= 11 is 0. The number of hydrogen-bond donors (Lipinski definition) is 1. The third-order valence-corrected chi connectivity index (χ3v) is 3.72. The first-order chi connectivity index (χ1) is 10.5. The zero-order valence-corrected chi connectivity index (χ0v) is 12.8. The molecule has 1 aromatic rings. The van der Waals surface area contributed by atoms with Crippen LogP contribution < -0.4 is 4.74 Å². The molecule has 0 radical (unpaired) electrons. The summed E-state index contributed by atoms with van der Waals surface area (Å²) < 4.78 is 10.9. The number of hydrogen-bond acceptors (Lipinski definition) is 4. The molecule has 120 valence electrons. The molecule has 2 atom stereocenters. The normalized spacial score (nSPS) is 20.6. The fourth-order valence-corrected chi connectivity index (χ4v) is 2.37. The predicted octanol–water partition coefficient (Wildman–Crippen LogP) is 1.46. The average Bonchev–Trinajstić information content (AvgIpc) is 2.98. The Balaban J connectivity index is 1.78. The maximum absolute atomic E-state index is 12.2. The molecule has 1 saturated heterocycles. The first-order valence-corrected chi connectivity index (χ1v) is 7.30. The lowest BCUT2D eigenvalue weighted by molar-refractivity contribution is -0.154. The lowest BCUT2D eigenvalue weighted by Crippen LogP contribution is -2.39. The Morgan fingerprint density at radius 1 is 1.32 bits per heavy atom. The van der Waals surface area contributed by atoms with Gasteiger partial charge in [0.05, 0.1) is 6.54 Å². The molecule has 2 rings (SSSR count). The molecule has 0 saturated carbocycles. The van der Waals surface area contributed by atoms with Crippen LogP contribution in [-0.2, 0) is 14.3 Å². The van der Waals surface area contributed by atoms with Gasteiger partial charge in [-0.15, -0.1) is 0 Å². The molecule has 0 unspecified atom stereocenters. The first kappa shape index (κ1) is 16.3. The molecule has 22 heavy (non-hydrogen) atoms. The number of aliphatic carboxylic acids is 1. The van der Waals surface area contributed by atoms with E-state index in [0.717, 1.165) is 11.3 Å². The molecule has 0 spiro atoms. The Kier molecular flexibility index (Phi) is 5.38. The van der Waals surface area contributed by atoms with E-state index < -0.39 is 18.2 Å². The van der Waals surface area contributed by atoms with Gasteiger partial charge in [-0.2, -0.15) is 0 Å². The molecular formula is C16H21NO5. The smallest absolute Gasteiger partial charge is 0.332 e. The Morgan fingerprint density at radius 3 is 2.64 bits per heavy atom. The quantitative estimate of drug-likeness (QED) is 0.861. The van der Waals surface area contributed by atoms with Crippen molar-refractivity contribution in [3.05, 3.63) is 29.8 Å². The molecule has 0 bridgehead atoms. The van der Waals surface area contributed by atoms with Gasteiger partial charge in [0, 0.05) is 7.05 Å².